The highest BCUT2D eigenvalue weighted by Crippen LogP contribution is 2.32. The topological polar surface area (TPSA) is 52.6 Å². The molecule has 1 unspecified atom stereocenters. The molecule has 0 aromatic heterocycles. The molecular weight excluding hydrogens is 356 g/mol. The summed E-state index contributed by atoms with van der Waals surface area (Å²) in [7, 11) is -1.36. The van der Waals surface area contributed by atoms with E-state index in [0.717, 1.165) is 4.47 Å². The van der Waals surface area contributed by atoms with E-state index in [1.807, 2.05) is 0 Å². The summed E-state index contributed by atoms with van der Waals surface area (Å²) in [5.74, 6) is 0.937. The van der Waals surface area contributed by atoms with Crippen LogP contribution >= 0.6 is 15.9 Å². The number of hydrogen-bond acceptors (Lipinski definition) is 4. The Balaban J connectivity index is 1.74. The van der Waals surface area contributed by atoms with E-state index >= 15 is 0 Å². The van der Waals surface area contributed by atoms with Crippen molar-refractivity contribution in [1.82, 2.24) is 0 Å². The van der Waals surface area contributed by atoms with Crippen molar-refractivity contribution in [2.75, 3.05) is 12.5 Å². The van der Waals surface area contributed by atoms with Gasteiger partial charge in [0.25, 0.3) is 0 Å². The van der Waals surface area contributed by atoms with Gasteiger partial charge in [-0.3, -0.25) is 9.00 Å². The van der Waals surface area contributed by atoms with Gasteiger partial charge in [0.2, 0.25) is 6.79 Å². The molecular formula is C15H11BrO4S. The quantitative estimate of drug-likeness (QED) is 0.779. The molecule has 108 valence electrons. The van der Waals surface area contributed by atoms with Crippen LogP contribution in [0.2, 0.25) is 0 Å². The lowest BCUT2D eigenvalue weighted by atomic mass is 10.1. The minimum Gasteiger partial charge on any atom is -0.454 e. The second kappa shape index (κ2) is 5.99. The number of carbonyl (C=O) groups excluding carboxylic acids is 1. The minimum atomic E-state index is -1.36. The van der Waals surface area contributed by atoms with Crippen LogP contribution in [0.25, 0.3) is 0 Å². The second-order valence-electron chi connectivity index (χ2n) is 4.43. The monoisotopic (exact) mass is 366 g/mol. The van der Waals surface area contributed by atoms with Crippen LogP contribution in [0.4, 0.5) is 0 Å². The molecule has 0 fully saturated rings. The highest BCUT2D eigenvalue weighted by molar-refractivity contribution is 9.10. The van der Waals surface area contributed by atoms with Crippen molar-refractivity contribution in [3.63, 3.8) is 0 Å². The Kier molecular flexibility index (Phi) is 4.07. The fraction of sp³-hybridized carbons (Fsp3) is 0.133. The number of benzene rings is 2. The van der Waals surface area contributed by atoms with Crippen LogP contribution in [-0.4, -0.2) is 22.5 Å². The predicted molar refractivity (Wildman–Crippen MR) is 82.3 cm³/mol. The molecule has 2 aromatic carbocycles. The summed E-state index contributed by atoms with van der Waals surface area (Å²) in [6.45, 7) is 0.164. The molecule has 1 aliphatic rings. The zero-order valence-corrected chi connectivity index (χ0v) is 13.3. The van der Waals surface area contributed by atoms with Gasteiger partial charge in [-0.15, -0.1) is 0 Å². The van der Waals surface area contributed by atoms with Crippen molar-refractivity contribution in [2.24, 2.45) is 0 Å². The first kappa shape index (κ1) is 14.3. The van der Waals surface area contributed by atoms with Gasteiger partial charge in [0, 0.05) is 14.9 Å². The smallest absolute Gasteiger partial charge is 0.231 e. The van der Waals surface area contributed by atoms with Crippen LogP contribution in [0.15, 0.2) is 51.8 Å². The van der Waals surface area contributed by atoms with E-state index in [1.165, 1.54) is 0 Å². The van der Waals surface area contributed by atoms with Gasteiger partial charge in [0.15, 0.2) is 17.3 Å². The third kappa shape index (κ3) is 3.16. The van der Waals surface area contributed by atoms with Crippen molar-refractivity contribution >= 4 is 32.5 Å². The fourth-order valence-corrected chi connectivity index (χ4v) is 3.22. The number of ketones is 1. The summed E-state index contributed by atoms with van der Waals surface area (Å²) in [4.78, 5) is 12.8. The van der Waals surface area contributed by atoms with Crippen LogP contribution in [0.1, 0.15) is 10.4 Å². The lowest BCUT2D eigenvalue weighted by Gasteiger charge is -2.04. The lowest BCUT2D eigenvalue weighted by molar-refractivity contribution is 0.102. The molecule has 4 nitrogen and oxygen atoms in total. The molecule has 0 saturated heterocycles. The molecule has 2 aromatic rings. The predicted octanol–water partition coefficient (Wildman–Crippen LogP) is 3.17. The van der Waals surface area contributed by atoms with Gasteiger partial charge in [-0.2, -0.15) is 0 Å². The summed E-state index contributed by atoms with van der Waals surface area (Å²) in [6.07, 6.45) is 0. The molecule has 21 heavy (non-hydrogen) atoms. The zero-order chi connectivity index (χ0) is 14.8. The van der Waals surface area contributed by atoms with E-state index in [4.69, 9.17) is 9.47 Å². The van der Waals surface area contributed by atoms with E-state index in [9.17, 15) is 9.00 Å². The normalized spacial score (nSPS) is 14.0. The number of halogens is 1. The number of carbonyl (C=O) groups is 1. The van der Waals surface area contributed by atoms with Crippen LogP contribution in [0.3, 0.4) is 0 Å². The van der Waals surface area contributed by atoms with Gasteiger partial charge in [0.1, 0.15) is 0 Å². The van der Waals surface area contributed by atoms with Crippen LogP contribution in [0.5, 0.6) is 11.5 Å². The third-order valence-electron chi connectivity index (χ3n) is 3.03. The van der Waals surface area contributed by atoms with E-state index < -0.39 is 10.8 Å². The van der Waals surface area contributed by atoms with Crippen molar-refractivity contribution in [1.29, 1.82) is 0 Å². The molecule has 0 N–H and O–H groups in total. The van der Waals surface area contributed by atoms with Crippen molar-refractivity contribution in [2.45, 2.75) is 4.90 Å². The second-order valence-corrected chi connectivity index (χ2v) is 6.80. The van der Waals surface area contributed by atoms with E-state index in [-0.39, 0.29) is 18.3 Å². The summed E-state index contributed by atoms with van der Waals surface area (Å²) in [5, 5.41) is 0. The SMILES string of the molecule is O=C(CS(=O)c1ccc(Br)cc1)c1ccc2c(c1)OCO2. The number of ether oxygens (including phenoxy) is 2. The molecule has 6 heteroatoms. The van der Waals surface area contributed by atoms with Gasteiger partial charge in [-0.05, 0) is 42.5 Å². The van der Waals surface area contributed by atoms with E-state index in [0.29, 0.717) is 22.0 Å². The Bertz CT molecular complexity index is 712. The van der Waals surface area contributed by atoms with Gasteiger partial charge in [-0.25, -0.2) is 0 Å². The molecule has 1 aliphatic heterocycles. The van der Waals surface area contributed by atoms with Gasteiger partial charge < -0.3 is 9.47 Å². The molecule has 0 aliphatic carbocycles. The Labute approximate surface area is 132 Å². The summed E-state index contributed by atoms with van der Waals surface area (Å²) < 4.78 is 23.5. The fourth-order valence-electron chi connectivity index (χ4n) is 1.94. The van der Waals surface area contributed by atoms with E-state index in [1.54, 1.807) is 42.5 Å². The maximum absolute atomic E-state index is 12.2. The van der Waals surface area contributed by atoms with Crippen molar-refractivity contribution in [3.8, 4) is 11.5 Å². The molecule has 0 saturated carbocycles. The maximum atomic E-state index is 12.2. The highest BCUT2D eigenvalue weighted by Gasteiger charge is 2.18. The molecule has 1 atom stereocenters. The number of hydrogen-bond donors (Lipinski definition) is 0. The number of fused-ring (bicyclic) bond motifs is 1. The third-order valence-corrected chi connectivity index (χ3v) is 4.88. The Morgan fingerprint density at radius 3 is 2.57 bits per heavy atom. The molecule has 0 bridgehead atoms. The molecule has 0 amide bonds. The lowest BCUT2D eigenvalue weighted by Crippen LogP contribution is -2.11. The first-order valence-corrected chi connectivity index (χ1v) is 8.31. The largest absolute Gasteiger partial charge is 0.454 e. The number of Topliss-reactive ketones (excluding diaryl/α,β-unsaturated/α-hetero) is 1. The average molecular weight is 367 g/mol. The summed E-state index contributed by atoms with van der Waals surface area (Å²) in [5.41, 5.74) is 0.477. The molecule has 1 heterocycles. The zero-order valence-electron chi connectivity index (χ0n) is 10.9. The molecule has 0 spiro atoms. The first-order valence-electron chi connectivity index (χ1n) is 6.20. The Morgan fingerprint density at radius 1 is 1.10 bits per heavy atom. The number of rotatable bonds is 4. The van der Waals surface area contributed by atoms with Crippen molar-refractivity contribution in [3.05, 3.63) is 52.5 Å². The molecule has 0 radical (unpaired) electrons. The summed E-state index contributed by atoms with van der Waals surface area (Å²) in [6, 6.07) is 12.1. The molecule has 3 rings (SSSR count). The van der Waals surface area contributed by atoms with Crippen LogP contribution in [-0.2, 0) is 10.8 Å². The van der Waals surface area contributed by atoms with Gasteiger partial charge in [0.05, 0.1) is 16.6 Å². The summed E-state index contributed by atoms with van der Waals surface area (Å²) >= 11 is 3.32. The van der Waals surface area contributed by atoms with Gasteiger partial charge in [-0.1, -0.05) is 15.9 Å². The standard InChI is InChI=1S/C15H11BrO4S/c16-11-2-4-12(5-3-11)21(18)8-13(17)10-1-6-14-15(7-10)20-9-19-14/h1-7H,8-9H2. The van der Waals surface area contributed by atoms with Gasteiger partial charge >= 0.3 is 0 Å². The minimum absolute atomic E-state index is 0.0543. The maximum Gasteiger partial charge on any atom is 0.231 e. The Hall–Kier alpha value is -1.66. The van der Waals surface area contributed by atoms with Crippen LogP contribution in [0, 0.1) is 0 Å². The Morgan fingerprint density at radius 2 is 1.81 bits per heavy atom. The average Bonchev–Trinajstić information content (AvgIpc) is 2.95. The van der Waals surface area contributed by atoms with E-state index in [2.05, 4.69) is 15.9 Å². The van der Waals surface area contributed by atoms with Crippen molar-refractivity contribution < 1.29 is 18.5 Å². The highest BCUT2D eigenvalue weighted by atomic mass is 79.9. The van der Waals surface area contributed by atoms with Crippen LogP contribution < -0.4 is 9.47 Å². The first-order chi connectivity index (χ1) is 10.1.